The van der Waals surface area contributed by atoms with Gasteiger partial charge >= 0.3 is 16.3 Å². The number of nitrogens with zero attached hydrogens (tertiary/aromatic N) is 4. The van der Waals surface area contributed by atoms with Crippen molar-refractivity contribution in [3.8, 4) is 11.4 Å². The Kier molecular flexibility index (Phi) is 8.47. The molecule has 2 saturated heterocycles. The van der Waals surface area contributed by atoms with Gasteiger partial charge in [0.25, 0.3) is 5.91 Å². The highest BCUT2D eigenvalue weighted by molar-refractivity contribution is 7.88. The van der Waals surface area contributed by atoms with Crippen molar-refractivity contribution in [1.82, 2.24) is 29.1 Å². The first-order chi connectivity index (χ1) is 20.8. The third-order valence-corrected chi connectivity index (χ3v) is 9.24. The summed E-state index contributed by atoms with van der Waals surface area (Å²) in [7, 11) is -4.28. The zero-order valence-corrected chi connectivity index (χ0v) is 24.3. The zero-order valence-electron chi connectivity index (χ0n) is 23.5. The van der Waals surface area contributed by atoms with Crippen LogP contribution in [0.2, 0.25) is 0 Å². The third kappa shape index (κ3) is 6.59. The summed E-state index contributed by atoms with van der Waals surface area (Å²) in [6, 6.07) is 10.4. The molecule has 3 fully saturated rings. The number of likely N-dealkylation sites (tertiary alicyclic amines) is 1. The van der Waals surface area contributed by atoms with E-state index in [4.69, 9.17) is 24.7 Å². The van der Waals surface area contributed by atoms with Crippen molar-refractivity contribution in [2.75, 3.05) is 32.9 Å². The zero-order chi connectivity index (χ0) is 30.0. The van der Waals surface area contributed by atoms with Crippen molar-refractivity contribution in [3.63, 3.8) is 0 Å². The van der Waals surface area contributed by atoms with Crippen LogP contribution in [-0.4, -0.2) is 84.1 Å². The summed E-state index contributed by atoms with van der Waals surface area (Å²) >= 11 is 0. The van der Waals surface area contributed by atoms with E-state index in [1.165, 1.54) is 11.0 Å². The predicted octanol–water partition coefficient (Wildman–Crippen LogP) is 2.74. The molecule has 3 aliphatic rings. The quantitative estimate of drug-likeness (QED) is 0.304. The van der Waals surface area contributed by atoms with Gasteiger partial charge in [0.1, 0.15) is 11.4 Å². The number of fused-ring (bicyclic) bond motifs is 1. The van der Waals surface area contributed by atoms with Gasteiger partial charge in [-0.05, 0) is 44.2 Å². The first-order valence-electron chi connectivity index (χ1n) is 14.5. The molecular formula is C28H34N6O8S. The fourth-order valence-corrected chi connectivity index (χ4v) is 6.59. The summed E-state index contributed by atoms with van der Waals surface area (Å²) < 4.78 is 38.4. The summed E-state index contributed by atoms with van der Waals surface area (Å²) in [6.45, 7) is 1.52. The number of piperidine rings is 1. The smallest absolute Gasteiger partial charge is 0.407 e. The van der Waals surface area contributed by atoms with E-state index >= 15 is 0 Å². The number of benzene rings is 1. The van der Waals surface area contributed by atoms with Crippen molar-refractivity contribution in [1.29, 1.82) is 0 Å². The molecule has 15 heteroatoms. The molecule has 43 heavy (non-hydrogen) atoms. The molecule has 4 heterocycles. The second-order valence-electron chi connectivity index (χ2n) is 11.1. The SMILES string of the molecule is O=C(NS(=O)(=O)NC1CCN(C(=O)O)CC1)c1cc(OCC2CCOOC2)c2c(C3CCC3)nn(-c3ccccc3)c2n1. The Labute approximate surface area is 248 Å². The lowest BCUT2D eigenvalue weighted by Crippen LogP contribution is -2.50. The van der Waals surface area contributed by atoms with Gasteiger partial charge in [-0.15, -0.1) is 0 Å². The maximum atomic E-state index is 13.4. The molecule has 0 bridgehead atoms. The van der Waals surface area contributed by atoms with E-state index < -0.39 is 28.3 Å². The number of carbonyl (C=O) groups excluding carboxylic acids is 1. The summed E-state index contributed by atoms with van der Waals surface area (Å²) in [5.41, 5.74) is 1.83. The highest BCUT2D eigenvalue weighted by Crippen LogP contribution is 2.42. The average Bonchev–Trinajstić information content (AvgIpc) is 3.35. The fourth-order valence-electron chi connectivity index (χ4n) is 5.51. The largest absolute Gasteiger partial charge is 0.492 e. The van der Waals surface area contributed by atoms with Gasteiger partial charge in [-0.25, -0.2) is 29.0 Å². The van der Waals surface area contributed by atoms with Crippen LogP contribution in [0, 0.1) is 5.92 Å². The molecule has 6 rings (SSSR count). The van der Waals surface area contributed by atoms with Crippen LogP contribution < -0.4 is 14.2 Å². The van der Waals surface area contributed by atoms with Crippen LogP contribution in [0.4, 0.5) is 4.79 Å². The number of pyridine rings is 1. The first-order valence-corrected chi connectivity index (χ1v) is 15.9. The van der Waals surface area contributed by atoms with Crippen LogP contribution in [0.5, 0.6) is 5.75 Å². The minimum atomic E-state index is -4.28. The maximum Gasteiger partial charge on any atom is 0.407 e. The van der Waals surface area contributed by atoms with Gasteiger partial charge in [0.15, 0.2) is 5.65 Å². The predicted molar refractivity (Wildman–Crippen MR) is 153 cm³/mol. The molecule has 2 aromatic heterocycles. The summed E-state index contributed by atoms with van der Waals surface area (Å²) in [5.74, 6) is -0.234. The number of rotatable bonds is 9. The van der Waals surface area contributed by atoms with E-state index in [9.17, 15) is 18.0 Å². The average molecular weight is 615 g/mol. The lowest BCUT2D eigenvalue weighted by atomic mass is 9.82. The van der Waals surface area contributed by atoms with Crippen molar-refractivity contribution < 1.29 is 37.6 Å². The molecule has 1 aliphatic carbocycles. The molecule has 1 atom stereocenters. The van der Waals surface area contributed by atoms with Gasteiger partial charge in [-0.2, -0.15) is 18.2 Å². The molecule has 3 aromatic rings. The number of para-hydroxylation sites is 1. The van der Waals surface area contributed by atoms with Gasteiger partial charge in [-0.3, -0.25) is 4.79 Å². The van der Waals surface area contributed by atoms with Crippen molar-refractivity contribution in [2.45, 2.75) is 50.5 Å². The fraction of sp³-hybridized carbons (Fsp3) is 0.500. The number of hydrogen-bond donors (Lipinski definition) is 3. The van der Waals surface area contributed by atoms with Gasteiger partial charge in [0.2, 0.25) is 0 Å². The lowest BCUT2D eigenvalue weighted by molar-refractivity contribution is -0.325. The topological polar surface area (TPSA) is 174 Å². The van der Waals surface area contributed by atoms with Crippen LogP contribution in [0.1, 0.15) is 60.6 Å². The number of carbonyl (C=O) groups is 2. The summed E-state index contributed by atoms with van der Waals surface area (Å²) in [4.78, 5) is 40.5. The number of amides is 2. The van der Waals surface area contributed by atoms with Gasteiger partial charge in [-0.1, -0.05) is 24.6 Å². The normalized spacial score (nSPS) is 20.1. The molecular weight excluding hydrogens is 580 g/mol. The maximum absolute atomic E-state index is 13.4. The Hall–Kier alpha value is -3.79. The second kappa shape index (κ2) is 12.4. The molecule has 2 aliphatic heterocycles. The Morgan fingerprint density at radius 3 is 2.49 bits per heavy atom. The summed E-state index contributed by atoms with van der Waals surface area (Å²) in [6.07, 6.45) is 3.33. The number of nitrogens with one attached hydrogen (secondary N) is 2. The molecule has 3 N–H and O–H groups in total. The molecule has 230 valence electrons. The van der Waals surface area contributed by atoms with Crippen LogP contribution in [0.15, 0.2) is 36.4 Å². The van der Waals surface area contributed by atoms with Crippen LogP contribution >= 0.6 is 0 Å². The highest BCUT2D eigenvalue weighted by atomic mass is 32.2. The third-order valence-electron chi connectivity index (χ3n) is 8.14. The van der Waals surface area contributed by atoms with Gasteiger partial charge in [0, 0.05) is 37.0 Å². The van der Waals surface area contributed by atoms with E-state index in [0.717, 1.165) is 37.1 Å². The van der Waals surface area contributed by atoms with E-state index in [1.54, 1.807) is 4.68 Å². The number of hydrogen-bond acceptors (Lipinski definition) is 9. The number of ether oxygens (including phenoxy) is 1. The van der Waals surface area contributed by atoms with Crippen molar-refractivity contribution >= 4 is 33.2 Å². The minimum absolute atomic E-state index is 0.0719. The Balaban J connectivity index is 1.31. The molecule has 2 amide bonds. The standard InChI is InChI=1S/C28H34N6O8S/c35-27(32-43(38,39)31-20-9-12-33(13-10-20)28(36)37)22-15-23(40-16-18-11-14-41-42-17-18)24-25(19-5-4-6-19)30-34(26(24)29-22)21-7-2-1-3-8-21/h1-3,7-8,15,18-20,31H,4-6,9-14,16-17H2,(H,32,35)(H,36,37). The van der Waals surface area contributed by atoms with E-state index in [2.05, 4.69) is 14.4 Å². The van der Waals surface area contributed by atoms with Gasteiger partial charge in [0.05, 0.1) is 36.6 Å². The molecule has 0 spiro atoms. The van der Waals surface area contributed by atoms with Gasteiger partial charge < -0.3 is 14.7 Å². The monoisotopic (exact) mass is 614 g/mol. The molecule has 14 nitrogen and oxygen atoms in total. The van der Waals surface area contributed by atoms with E-state index in [0.29, 0.717) is 49.4 Å². The number of aromatic nitrogens is 3. The Bertz CT molecular complexity index is 1580. The van der Waals surface area contributed by atoms with Crippen LogP contribution in [0.25, 0.3) is 16.7 Å². The van der Waals surface area contributed by atoms with Crippen LogP contribution in [-0.2, 0) is 20.0 Å². The first kappa shape index (κ1) is 29.3. The molecule has 1 saturated carbocycles. The second-order valence-corrected chi connectivity index (χ2v) is 12.6. The molecule has 1 unspecified atom stereocenters. The van der Waals surface area contributed by atoms with Crippen molar-refractivity contribution in [2.24, 2.45) is 5.92 Å². The van der Waals surface area contributed by atoms with Crippen molar-refractivity contribution in [3.05, 3.63) is 47.8 Å². The lowest BCUT2D eigenvalue weighted by Gasteiger charge is -2.30. The molecule has 0 radical (unpaired) electrons. The number of carboxylic acid groups (broad SMARTS) is 1. The molecule has 1 aromatic carbocycles. The highest BCUT2D eigenvalue weighted by Gasteiger charge is 2.31. The van der Waals surface area contributed by atoms with E-state index in [-0.39, 0.29) is 30.6 Å². The van der Waals surface area contributed by atoms with Crippen LogP contribution in [0.3, 0.4) is 0 Å². The minimum Gasteiger partial charge on any atom is -0.492 e. The van der Waals surface area contributed by atoms with E-state index in [1.807, 2.05) is 30.3 Å². The Morgan fingerprint density at radius 1 is 1.07 bits per heavy atom. The summed E-state index contributed by atoms with van der Waals surface area (Å²) in [5, 5.41) is 14.8. The Morgan fingerprint density at radius 2 is 1.84 bits per heavy atom.